The Hall–Kier alpha value is -2.11. The van der Waals surface area contributed by atoms with Gasteiger partial charge in [0.2, 0.25) is 0 Å². The van der Waals surface area contributed by atoms with E-state index in [0.29, 0.717) is 11.0 Å². The van der Waals surface area contributed by atoms with Gasteiger partial charge in [-0.1, -0.05) is 12.1 Å². The number of hydrogen-bond acceptors (Lipinski definition) is 2. The summed E-state index contributed by atoms with van der Waals surface area (Å²) >= 11 is 0. The minimum atomic E-state index is -2.76. The molecule has 0 aliphatic carbocycles. The molecule has 0 N–H and O–H groups in total. The van der Waals surface area contributed by atoms with Gasteiger partial charge in [0, 0.05) is 22.9 Å². The van der Waals surface area contributed by atoms with Crippen molar-refractivity contribution in [1.29, 1.82) is 0 Å². The number of nitrogens with zero attached hydrogens (tertiary/aromatic N) is 2. The van der Waals surface area contributed by atoms with E-state index >= 15 is 0 Å². The van der Waals surface area contributed by atoms with Crippen molar-refractivity contribution in [3.05, 3.63) is 42.0 Å². The van der Waals surface area contributed by atoms with Crippen LogP contribution in [0, 0.1) is 5.82 Å². The van der Waals surface area contributed by atoms with Crippen molar-refractivity contribution in [3.63, 3.8) is 0 Å². The lowest BCUT2D eigenvalue weighted by molar-refractivity contribution is 0.0566. The summed E-state index contributed by atoms with van der Waals surface area (Å²) < 4.78 is 38.5. The number of carbonyl (C=O) groups is 1. The number of rotatable bonds is 3. The number of aldehydes is 1. The molecule has 88 valence electrons. The molecule has 2 rings (SSSR count). The molecule has 0 radical (unpaired) electrons. The first-order valence-electron chi connectivity index (χ1n) is 4.69. The zero-order valence-electron chi connectivity index (χ0n) is 8.48. The van der Waals surface area contributed by atoms with Crippen LogP contribution in [0.5, 0.6) is 0 Å². The normalized spacial score (nSPS) is 10.8. The Kier molecular flexibility index (Phi) is 2.95. The van der Waals surface area contributed by atoms with Gasteiger partial charge in [0.25, 0.3) is 0 Å². The molecule has 0 saturated carbocycles. The molecule has 0 spiro atoms. The Morgan fingerprint density at radius 1 is 1.35 bits per heavy atom. The van der Waals surface area contributed by atoms with Crippen molar-refractivity contribution in [1.82, 2.24) is 9.78 Å². The van der Waals surface area contributed by atoms with Crippen molar-refractivity contribution in [3.8, 4) is 11.1 Å². The van der Waals surface area contributed by atoms with Crippen molar-refractivity contribution in [2.75, 3.05) is 0 Å². The van der Waals surface area contributed by atoms with Gasteiger partial charge in [0.15, 0.2) is 0 Å². The molecule has 0 atom stereocenters. The fraction of sp³-hybridized carbons (Fsp3) is 0.0909. The van der Waals surface area contributed by atoms with Crippen LogP contribution >= 0.6 is 0 Å². The third-order valence-corrected chi connectivity index (χ3v) is 2.24. The molecule has 1 heterocycles. The smallest absolute Gasteiger partial charge is 0.298 e. The first kappa shape index (κ1) is 11.4. The second kappa shape index (κ2) is 4.40. The van der Waals surface area contributed by atoms with Crippen LogP contribution in [-0.2, 0) is 0 Å². The quantitative estimate of drug-likeness (QED) is 0.773. The van der Waals surface area contributed by atoms with Gasteiger partial charge in [0.05, 0.1) is 6.20 Å². The third kappa shape index (κ3) is 2.20. The standard InChI is InChI=1S/C11H7F3N2O/c12-10-3-7(6-17)1-2-9(10)8-4-15-16(5-8)11(13)14/h1-6,11H. The van der Waals surface area contributed by atoms with E-state index in [1.54, 1.807) is 0 Å². The predicted molar refractivity (Wildman–Crippen MR) is 54.3 cm³/mol. The topological polar surface area (TPSA) is 34.9 Å². The summed E-state index contributed by atoms with van der Waals surface area (Å²) in [4.78, 5) is 10.4. The van der Waals surface area contributed by atoms with E-state index in [1.165, 1.54) is 12.1 Å². The van der Waals surface area contributed by atoms with Crippen molar-refractivity contribution < 1.29 is 18.0 Å². The fourth-order valence-corrected chi connectivity index (χ4v) is 1.42. The van der Waals surface area contributed by atoms with E-state index in [4.69, 9.17) is 0 Å². The van der Waals surface area contributed by atoms with Crippen LogP contribution < -0.4 is 0 Å². The third-order valence-electron chi connectivity index (χ3n) is 2.24. The molecule has 0 fully saturated rings. The lowest BCUT2D eigenvalue weighted by Crippen LogP contribution is -1.96. The highest BCUT2D eigenvalue weighted by atomic mass is 19.3. The summed E-state index contributed by atoms with van der Waals surface area (Å²) in [5.41, 5.74) is 0.551. The lowest BCUT2D eigenvalue weighted by Gasteiger charge is -2.00. The van der Waals surface area contributed by atoms with Crippen LogP contribution in [0.4, 0.5) is 13.2 Å². The number of benzene rings is 1. The minimum Gasteiger partial charge on any atom is -0.298 e. The molecule has 0 saturated heterocycles. The van der Waals surface area contributed by atoms with Gasteiger partial charge in [-0.2, -0.15) is 13.9 Å². The van der Waals surface area contributed by atoms with Gasteiger partial charge in [-0.25, -0.2) is 9.07 Å². The summed E-state index contributed by atoms with van der Waals surface area (Å²) in [5.74, 6) is -0.650. The number of hydrogen-bond donors (Lipinski definition) is 0. The largest absolute Gasteiger partial charge is 0.333 e. The molecular weight excluding hydrogens is 233 g/mol. The van der Waals surface area contributed by atoms with Gasteiger partial charge in [-0.3, -0.25) is 4.79 Å². The van der Waals surface area contributed by atoms with Gasteiger partial charge < -0.3 is 0 Å². The van der Waals surface area contributed by atoms with Gasteiger partial charge in [-0.15, -0.1) is 0 Å². The molecular formula is C11H7F3N2O. The maximum Gasteiger partial charge on any atom is 0.333 e. The zero-order chi connectivity index (χ0) is 12.4. The number of halogens is 3. The van der Waals surface area contributed by atoms with E-state index in [1.807, 2.05) is 0 Å². The van der Waals surface area contributed by atoms with Gasteiger partial charge in [0.1, 0.15) is 12.1 Å². The average molecular weight is 240 g/mol. The van der Waals surface area contributed by atoms with Crippen LogP contribution in [0.2, 0.25) is 0 Å². The highest BCUT2D eigenvalue weighted by Crippen LogP contribution is 2.24. The molecule has 0 aliphatic heterocycles. The van der Waals surface area contributed by atoms with Crippen molar-refractivity contribution >= 4 is 6.29 Å². The number of aromatic nitrogens is 2. The van der Waals surface area contributed by atoms with Gasteiger partial charge >= 0.3 is 6.55 Å². The Morgan fingerprint density at radius 3 is 2.65 bits per heavy atom. The molecule has 0 unspecified atom stereocenters. The van der Waals surface area contributed by atoms with E-state index in [9.17, 15) is 18.0 Å². The molecule has 0 aliphatic rings. The van der Waals surface area contributed by atoms with Crippen LogP contribution in [0.3, 0.4) is 0 Å². The molecule has 0 amide bonds. The maximum absolute atomic E-state index is 13.5. The minimum absolute atomic E-state index is 0.127. The lowest BCUT2D eigenvalue weighted by atomic mass is 10.1. The highest BCUT2D eigenvalue weighted by molar-refractivity contribution is 5.77. The average Bonchev–Trinajstić information content (AvgIpc) is 2.78. The summed E-state index contributed by atoms with van der Waals surface area (Å²) in [6, 6.07) is 3.80. The second-order valence-electron chi connectivity index (χ2n) is 3.34. The zero-order valence-corrected chi connectivity index (χ0v) is 8.48. The van der Waals surface area contributed by atoms with E-state index in [-0.39, 0.29) is 16.7 Å². The van der Waals surface area contributed by atoms with Crippen LogP contribution in [0.1, 0.15) is 16.9 Å². The molecule has 6 heteroatoms. The molecule has 17 heavy (non-hydrogen) atoms. The van der Waals surface area contributed by atoms with E-state index in [2.05, 4.69) is 5.10 Å². The van der Waals surface area contributed by atoms with E-state index in [0.717, 1.165) is 18.5 Å². The van der Waals surface area contributed by atoms with E-state index < -0.39 is 12.4 Å². The SMILES string of the molecule is O=Cc1ccc(-c2cnn(C(F)F)c2)c(F)c1. The Balaban J connectivity index is 2.42. The summed E-state index contributed by atoms with van der Waals surface area (Å²) in [7, 11) is 0. The van der Waals surface area contributed by atoms with Crippen molar-refractivity contribution in [2.24, 2.45) is 0 Å². The Labute approximate surface area is 94.5 Å². The monoisotopic (exact) mass is 240 g/mol. The van der Waals surface area contributed by atoms with Crippen molar-refractivity contribution in [2.45, 2.75) is 6.55 Å². The molecule has 1 aromatic heterocycles. The first-order valence-corrected chi connectivity index (χ1v) is 4.69. The number of alkyl halides is 2. The fourth-order valence-electron chi connectivity index (χ4n) is 1.42. The molecule has 0 bridgehead atoms. The first-order chi connectivity index (χ1) is 8.11. The molecule has 2 aromatic rings. The molecule has 3 nitrogen and oxygen atoms in total. The van der Waals surface area contributed by atoms with Crippen LogP contribution in [0.25, 0.3) is 11.1 Å². The summed E-state index contributed by atoms with van der Waals surface area (Å²) in [5, 5.41) is 3.41. The highest BCUT2D eigenvalue weighted by Gasteiger charge is 2.11. The summed E-state index contributed by atoms with van der Waals surface area (Å²) in [6.07, 6.45) is 2.70. The summed E-state index contributed by atoms with van der Waals surface area (Å²) in [6.45, 7) is -2.76. The van der Waals surface area contributed by atoms with Gasteiger partial charge in [-0.05, 0) is 6.07 Å². The second-order valence-corrected chi connectivity index (χ2v) is 3.34. The number of carbonyl (C=O) groups excluding carboxylic acids is 1. The van der Waals surface area contributed by atoms with Crippen LogP contribution in [0.15, 0.2) is 30.6 Å². The van der Waals surface area contributed by atoms with Crippen LogP contribution in [-0.4, -0.2) is 16.1 Å². The Bertz CT molecular complexity index is 551. The predicted octanol–water partition coefficient (Wildman–Crippen LogP) is 2.90. The maximum atomic E-state index is 13.5. The molecule has 1 aromatic carbocycles. The Morgan fingerprint density at radius 2 is 2.12 bits per heavy atom.